The van der Waals surface area contributed by atoms with Gasteiger partial charge in [0.05, 0.1) is 6.61 Å². The summed E-state index contributed by atoms with van der Waals surface area (Å²) >= 11 is 0. The molecule has 132 valence electrons. The molecule has 0 saturated carbocycles. The second-order valence-corrected chi connectivity index (χ2v) is 5.47. The number of anilines is 1. The number of ether oxygens (including phenoxy) is 2. The summed E-state index contributed by atoms with van der Waals surface area (Å²) in [5.41, 5.74) is 1.70. The Kier molecular flexibility index (Phi) is 6.83. The number of carbonyl (C=O) groups excluding carboxylic acids is 1. The van der Waals surface area contributed by atoms with E-state index in [1.165, 1.54) is 0 Å². The van der Waals surface area contributed by atoms with E-state index in [4.69, 9.17) is 14.6 Å². The number of carboxylic acid groups (broad SMARTS) is 1. The van der Waals surface area contributed by atoms with Crippen molar-refractivity contribution in [3.05, 3.63) is 54.1 Å². The molecule has 0 aromatic heterocycles. The molecule has 25 heavy (non-hydrogen) atoms. The van der Waals surface area contributed by atoms with E-state index in [-0.39, 0.29) is 5.91 Å². The lowest BCUT2D eigenvalue weighted by Crippen LogP contribution is -2.13. The maximum Gasteiger partial charge on any atom is 0.341 e. The lowest BCUT2D eigenvalue weighted by Gasteiger charge is -2.09. The zero-order valence-corrected chi connectivity index (χ0v) is 14.0. The molecule has 0 atom stereocenters. The molecular formula is C19H21NO5. The molecule has 1 amide bonds. The van der Waals surface area contributed by atoms with Gasteiger partial charge >= 0.3 is 5.97 Å². The predicted octanol–water partition coefficient (Wildman–Crippen LogP) is 3.26. The zero-order valence-electron chi connectivity index (χ0n) is 14.0. The van der Waals surface area contributed by atoms with Gasteiger partial charge in [0.25, 0.3) is 0 Å². The van der Waals surface area contributed by atoms with Crippen LogP contribution in [0.1, 0.15) is 18.4 Å². The van der Waals surface area contributed by atoms with Crippen molar-refractivity contribution in [2.75, 3.05) is 18.5 Å². The van der Waals surface area contributed by atoms with Gasteiger partial charge in [0, 0.05) is 12.1 Å². The third kappa shape index (κ3) is 6.55. The van der Waals surface area contributed by atoms with E-state index >= 15 is 0 Å². The SMILES string of the molecule is Cc1ccccc1OCCCC(=O)Nc1ccc(OCC(=O)O)cc1. The molecule has 0 fully saturated rings. The number of para-hydroxylation sites is 1. The molecule has 6 heteroatoms. The van der Waals surface area contributed by atoms with Gasteiger partial charge in [-0.15, -0.1) is 0 Å². The molecule has 0 spiro atoms. The van der Waals surface area contributed by atoms with Crippen molar-refractivity contribution in [3.8, 4) is 11.5 Å². The lowest BCUT2D eigenvalue weighted by molar-refractivity contribution is -0.139. The molecule has 6 nitrogen and oxygen atoms in total. The summed E-state index contributed by atoms with van der Waals surface area (Å²) in [6.07, 6.45) is 0.961. The summed E-state index contributed by atoms with van der Waals surface area (Å²) in [5.74, 6) is 0.129. The maximum atomic E-state index is 11.9. The highest BCUT2D eigenvalue weighted by atomic mass is 16.5. The Morgan fingerprint density at radius 3 is 2.44 bits per heavy atom. The normalized spacial score (nSPS) is 10.1. The third-order valence-corrected chi connectivity index (χ3v) is 3.40. The van der Waals surface area contributed by atoms with E-state index in [0.717, 1.165) is 11.3 Å². The van der Waals surface area contributed by atoms with Crippen molar-refractivity contribution >= 4 is 17.6 Å². The smallest absolute Gasteiger partial charge is 0.341 e. The molecular weight excluding hydrogens is 322 g/mol. The van der Waals surface area contributed by atoms with Gasteiger partial charge in [-0.3, -0.25) is 4.79 Å². The molecule has 0 aliphatic rings. The monoisotopic (exact) mass is 343 g/mol. The molecule has 2 aromatic carbocycles. The fraction of sp³-hybridized carbons (Fsp3) is 0.263. The van der Waals surface area contributed by atoms with Gasteiger partial charge in [0.2, 0.25) is 5.91 Å². The Hall–Kier alpha value is -3.02. The van der Waals surface area contributed by atoms with Gasteiger partial charge in [-0.25, -0.2) is 4.79 Å². The number of amides is 1. The minimum Gasteiger partial charge on any atom is -0.493 e. The number of aryl methyl sites for hydroxylation is 1. The van der Waals surface area contributed by atoms with Crippen molar-refractivity contribution in [1.29, 1.82) is 0 Å². The number of nitrogens with one attached hydrogen (secondary N) is 1. The van der Waals surface area contributed by atoms with Gasteiger partial charge in [-0.1, -0.05) is 18.2 Å². The Morgan fingerprint density at radius 1 is 1.04 bits per heavy atom. The summed E-state index contributed by atoms with van der Waals surface area (Å²) in [4.78, 5) is 22.3. The van der Waals surface area contributed by atoms with Gasteiger partial charge in [0.15, 0.2) is 6.61 Å². The highest BCUT2D eigenvalue weighted by Gasteiger charge is 2.05. The Bertz CT molecular complexity index is 712. The van der Waals surface area contributed by atoms with Crippen LogP contribution >= 0.6 is 0 Å². The molecule has 0 bridgehead atoms. The van der Waals surface area contributed by atoms with E-state index in [1.54, 1.807) is 24.3 Å². The molecule has 0 saturated heterocycles. The summed E-state index contributed by atoms with van der Waals surface area (Å²) in [5, 5.41) is 11.3. The molecule has 0 aliphatic carbocycles. The molecule has 0 aliphatic heterocycles. The lowest BCUT2D eigenvalue weighted by atomic mass is 10.2. The number of rotatable bonds is 9. The first-order chi connectivity index (χ1) is 12.0. The van der Waals surface area contributed by atoms with Crippen molar-refractivity contribution < 1.29 is 24.2 Å². The fourth-order valence-electron chi connectivity index (χ4n) is 2.14. The molecule has 2 rings (SSSR count). The molecule has 2 N–H and O–H groups in total. The zero-order chi connectivity index (χ0) is 18.1. The van der Waals surface area contributed by atoms with E-state index < -0.39 is 12.6 Å². The Balaban J connectivity index is 1.69. The molecule has 0 radical (unpaired) electrons. The van der Waals surface area contributed by atoms with E-state index in [2.05, 4.69) is 5.32 Å². The minimum atomic E-state index is -1.04. The van der Waals surface area contributed by atoms with E-state index in [9.17, 15) is 9.59 Å². The van der Waals surface area contributed by atoms with Crippen molar-refractivity contribution in [2.45, 2.75) is 19.8 Å². The predicted molar refractivity (Wildman–Crippen MR) is 94.1 cm³/mol. The first kappa shape index (κ1) is 18.3. The van der Waals surface area contributed by atoms with E-state index in [0.29, 0.717) is 30.9 Å². The number of aliphatic carboxylic acids is 1. The first-order valence-corrected chi connectivity index (χ1v) is 7.97. The van der Waals surface area contributed by atoms with Gasteiger partial charge < -0.3 is 19.9 Å². The van der Waals surface area contributed by atoms with Crippen LogP contribution in [0.2, 0.25) is 0 Å². The van der Waals surface area contributed by atoms with Crippen LogP contribution in [0.3, 0.4) is 0 Å². The van der Waals surface area contributed by atoms with Crippen LogP contribution in [-0.4, -0.2) is 30.2 Å². The molecule has 0 heterocycles. The largest absolute Gasteiger partial charge is 0.493 e. The summed E-state index contributed by atoms with van der Waals surface area (Å²) in [6, 6.07) is 14.3. The number of carboxylic acids is 1. The maximum absolute atomic E-state index is 11.9. The Labute approximate surface area is 146 Å². The third-order valence-electron chi connectivity index (χ3n) is 3.40. The van der Waals surface area contributed by atoms with Crippen molar-refractivity contribution in [3.63, 3.8) is 0 Å². The topological polar surface area (TPSA) is 84.9 Å². The number of carbonyl (C=O) groups is 2. The summed E-state index contributed by atoms with van der Waals surface area (Å²) in [7, 11) is 0. The molecule has 0 unspecified atom stereocenters. The highest BCUT2D eigenvalue weighted by Crippen LogP contribution is 2.17. The summed E-state index contributed by atoms with van der Waals surface area (Å²) < 4.78 is 10.7. The highest BCUT2D eigenvalue weighted by molar-refractivity contribution is 5.90. The number of hydrogen-bond donors (Lipinski definition) is 2. The fourth-order valence-corrected chi connectivity index (χ4v) is 2.14. The average Bonchev–Trinajstić information content (AvgIpc) is 2.59. The Morgan fingerprint density at radius 2 is 1.76 bits per heavy atom. The summed E-state index contributed by atoms with van der Waals surface area (Å²) in [6.45, 7) is 2.05. The van der Waals surface area contributed by atoms with E-state index in [1.807, 2.05) is 31.2 Å². The average molecular weight is 343 g/mol. The molecule has 2 aromatic rings. The van der Waals surface area contributed by atoms with Crippen LogP contribution in [0.5, 0.6) is 11.5 Å². The first-order valence-electron chi connectivity index (χ1n) is 7.97. The number of hydrogen-bond acceptors (Lipinski definition) is 4. The van der Waals surface area contributed by atoms with Crippen LogP contribution < -0.4 is 14.8 Å². The van der Waals surface area contributed by atoms with Gasteiger partial charge in [-0.05, 0) is 49.2 Å². The van der Waals surface area contributed by atoms with Crippen LogP contribution in [0.25, 0.3) is 0 Å². The van der Waals surface area contributed by atoms with Crippen LogP contribution in [0.15, 0.2) is 48.5 Å². The standard InChI is InChI=1S/C19H21NO5/c1-14-5-2-3-6-17(14)24-12-4-7-18(21)20-15-8-10-16(11-9-15)25-13-19(22)23/h2-3,5-6,8-11H,4,7,12-13H2,1H3,(H,20,21)(H,22,23). The second kappa shape index (κ2) is 9.32. The quantitative estimate of drug-likeness (QED) is 0.683. The van der Waals surface area contributed by atoms with Gasteiger partial charge in [-0.2, -0.15) is 0 Å². The minimum absolute atomic E-state index is 0.104. The van der Waals surface area contributed by atoms with Crippen molar-refractivity contribution in [2.24, 2.45) is 0 Å². The van der Waals surface area contributed by atoms with Crippen LogP contribution in [-0.2, 0) is 9.59 Å². The van der Waals surface area contributed by atoms with Crippen LogP contribution in [0, 0.1) is 6.92 Å². The number of benzene rings is 2. The van der Waals surface area contributed by atoms with Gasteiger partial charge in [0.1, 0.15) is 11.5 Å². The van der Waals surface area contributed by atoms with Crippen molar-refractivity contribution in [1.82, 2.24) is 0 Å². The van der Waals surface area contributed by atoms with Crippen LogP contribution in [0.4, 0.5) is 5.69 Å². The second-order valence-electron chi connectivity index (χ2n) is 5.47.